The third kappa shape index (κ3) is 1.17. The molecule has 0 amide bonds. The summed E-state index contributed by atoms with van der Waals surface area (Å²) < 4.78 is 0. The molecule has 1 heteroatoms. The Morgan fingerprint density at radius 1 is 1.44 bits per heavy atom. The van der Waals surface area contributed by atoms with Crippen LogP contribution in [-0.4, -0.2) is 5.33 Å². The van der Waals surface area contributed by atoms with Crippen molar-refractivity contribution >= 4 is 15.9 Å². The minimum Gasteiger partial charge on any atom is -0.0922 e. The Hall–Kier alpha value is 0.480. The topological polar surface area (TPSA) is 0 Å². The standard InChI is InChI=1S/C8H15Br/c1-7(2,6-9)8(3)4-5-8/h4-6H2,1-3H3. The summed E-state index contributed by atoms with van der Waals surface area (Å²) in [6.45, 7) is 7.07. The highest BCUT2D eigenvalue weighted by Crippen LogP contribution is 2.58. The predicted molar refractivity (Wildman–Crippen MR) is 44.9 cm³/mol. The summed E-state index contributed by atoms with van der Waals surface area (Å²) in [5, 5.41) is 1.14. The molecule has 9 heavy (non-hydrogen) atoms. The Balaban J connectivity index is 2.58. The largest absolute Gasteiger partial charge is 0.0922 e. The van der Waals surface area contributed by atoms with E-state index in [-0.39, 0.29) is 0 Å². The van der Waals surface area contributed by atoms with Gasteiger partial charge in [0.2, 0.25) is 0 Å². The summed E-state index contributed by atoms with van der Waals surface area (Å²) in [6, 6.07) is 0. The van der Waals surface area contributed by atoms with Crippen LogP contribution >= 0.6 is 15.9 Å². The lowest BCUT2D eigenvalue weighted by Crippen LogP contribution is -2.24. The van der Waals surface area contributed by atoms with E-state index in [1.165, 1.54) is 12.8 Å². The molecule has 0 bridgehead atoms. The van der Waals surface area contributed by atoms with Gasteiger partial charge in [-0.05, 0) is 23.7 Å². The van der Waals surface area contributed by atoms with Gasteiger partial charge in [0, 0.05) is 5.33 Å². The molecule has 1 aliphatic rings. The second-order valence-electron chi connectivity index (χ2n) is 4.08. The average molecular weight is 191 g/mol. The normalized spacial score (nSPS) is 24.0. The molecule has 0 nitrogen and oxygen atoms in total. The SMILES string of the molecule is CC(C)(CBr)C1(C)CC1. The predicted octanol–water partition coefficient (Wildman–Crippen LogP) is 3.21. The zero-order valence-electron chi connectivity index (χ0n) is 6.50. The molecule has 0 aromatic carbocycles. The zero-order valence-corrected chi connectivity index (χ0v) is 8.09. The van der Waals surface area contributed by atoms with E-state index in [0.29, 0.717) is 10.8 Å². The van der Waals surface area contributed by atoms with E-state index in [0.717, 1.165) is 5.33 Å². The maximum atomic E-state index is 3.55. The van der Waals surface area contributed by atoms with Gasteiger partial charge >= 0.3 is 0 Å². The van der Waals surface area contributed by atoms with E-state index < -0.39 is 0 Å². The van der Waals surface area contributed by atoms with Crippen molar-refractivity contribution in [1.82, 2.24) is 0 Å². The summed E-state index contributed by atoms with van der Waals surface area (Å²) in [5.41, 5.74) is 1.16. The van der Waals surface area contributed by atoms with Gasteiger partial charge in [-0.25, -0.2) is 0 Å². The summed E-state index contributed by atoms with van der Waals surface area (Å²) in [4.78, 5) is 0. The fourth-order valence-electron chi connectivity index (χ4n) is 1.03. The molecule has 0 aliphatic heterocycles. The molecule has 0 N–H and O–H groups in total. The lowest BCUT2D eigenvalue weighted by atomic mass is 9.79. The van der Waals surface area contributed by atoms with Crippen LogP contribution in [0, 0.1) is 10.8 Å². The highest BCUT2D eigenvalue weighted by atomic mass is 79.9. The fourth-order valence-corrected chi connectivity index (χ4v) is 1.70. The lowest BCUT2D eigenvalue weighted by Gasteiger charge is -2.29. The molecular formula is C8H15Br. The molecule has 1 aliphatic carbocycles. The van der Waals surface area contributed by atoms with Gasteiger partial charge in [-0.1, -0.05) is 36.7 Å². The van der Waals surface area contributed by atoms with Crippen LogP contribution in [0.4, 0.5) is 0 Å². The van der Waals surface area contributed by atoms with Crippen LogP contribution < -0.4 is 0 Å². The first-order chi connectivity index (χ1) is 4.02. The third-order valence-electron chi connectivity index (χ3n) is 2.97. The number of hydrogen-bond donors (Lipinski definition) is 0. The zero-order chi connectivity index (χ0) is 7.12. The minimum atomic E-state index is 0.507. The second-order valence-corrected chi connectivity index (χ2v) is 4.64. The first-order valence-corrected chi connectivity index (χ1v) is 4.70. The molecule has 0 heterocycles. The van der Waals surface area contributed by atoms with Crippen molar-refractivity contribution in [2.24, 2.45) is 10.8 Å². The second kappa shape index (κ2) is 1.98. The molecule has 54 valence electrons. The molecule has 0 aromatic rings. The first-order valence-electron chi connectivity index (χ1n) is 3.58. The van der Waals surface area contributed by atoms with Crippen LogP contribution in [0.5, 0.6) is 0 Å². The van der Waals surface area contributed by atoms with E-state index in [1.54, 1.807) is 0 Å². The molecule has 0 aromatic heterocycles. The van der Waals surface area contributed by atoms with Crippen molar-refractivity contribution in [1.29, 1.82) is 0 Å². The van der Waals surface area contributed by atoms with Gasteiger partial charge < -0.3 is 0 Å². The Labute approximate surface area is 66.2 Å². The van der Waals surface area contributed by atoms with Gasteiger partial charge in [-0.15, -0.1) is 0 Å². The van der Waals surface area contributed by atoms with Gasteiger partial charge in [0.05, 0.1) is 0 Å². The van der Waals surface area contributed by atoms with Crippen LogP contribution in [0.2, 0.25) is 0 Å². The molecule has 1 fully saturated rings. The molecule has 0 radical (unpaired) electrons. The molecule has 0 unspecified atom stereocenters. The van der Waals surface area contributed by atoms with Crippen LogP contribution in [0.15, 0.2) is 0 Å². The van der Waals surface area contributed by atoms with Gasteiger partial charge in [0.25, 0.3) is 0 Å². The first kappa shape index (κ1) is 7.59. The molecule has 1 saturated carbocycles. The molecule has 1 rings (SSSR count). The smallest absolute Gasteiger partial charge is 0.00878 e. The van der Waals surface area contributed by atoms with E-state index in [1.807, 2.05) is 0 Å². The van der Waals surface area contributed by atoms with E-state index in [9.17, 15) is 0 Å². The van der Waals surface area contributed by atoms with Gasteiger partial charge in [-0.2, -0.15) is 0 Å². The van der Waals surface area contributed by atoms with E-state index in [4.69, 9.17) is 0 Å². The molecule has 0 spiro atoms. The summed E-state index contributed by atoms with van der Waals surface area (Å²) in [7, 11) is 0. The van der Waals surface area contributed by atoms with Crippen LogP contribution in [0.25, 0.3) is 0 Å². The fraction of sp³-hybridized carbons (Fsp3) is 1.00. The van der Waals surface area contributed by atoms with Crippen molar-refractivity contribution in [3.8, 4) is 0 Å². The van der Waals surface area contributed by atoms with Crippen molar-refractivity contribution in [3.63, 3.8) is 0 Å². The maximum Gasteiger partial charge on any atom is 0.00878 e. The molecular weight excluding hydrogens is 176 g/mol. The summed E-state index contributed by atoms with van der Waals surface area (Å²) in [5.74, 6) is 0. The van der Waals surface area contributed by atoms with Crippen LogP contribution in [0.3, 0.4) is 0 Å². The van der Waals surface area contributed by atoms with Crippen molar-refractivity contribution in [3.05, 3.63) is 0 Å². The molecule has 0 saturated heterocycles. The van der Waals surface area contributed by atoms with E-state index in [2.05, 4.69) is 36.7 Å². The average Bonchev–Trinajstić information content (AvgIpc) is 2.49. The van der Waals surface area contributed by atoms with Gasteiger partial charge in [0.1, 0.15) is 0 Å². The van der Waals surface area contributed by atoms with Crippen molar-refractivity contribution < 1.29 is 0 Å². The quantitative estimate of drug-likeness (QED) is 0.588. The van der Waals surface area contributed by atoms with Crippen LogP contribution in [0.1, 0.15) is 33.6 Å². The summed E-state index contributed by atoms with van der Waals surface area (Å²) >= 11 is 3.55. The number of rotatable bonds is 2. The number of hydrogen-bond acceptors (Lipinski definition) is 0. The molecule has 0 atom stereocenters. The Kier molecular flexibility index (Phi) is 1.67. The Morgan fingerprint density at radius 3 is 2.00 bits per heavy atom. The highest BCUT2D eigenvalue weighted by Gasteiger charge is 2.49. The highest BCUT2D eigenvalue weighted by molar-refractivity contribution is 9.09. The van der Waals surface area contributed by atoms with Crippen molar-refractivity contribution in [2.75, 3.05) is 5.33 Å². The maximum absolute atomic E-state index is 3.55. The lowest BCUT2D eigenvalue weighted by molar-refractivity contribution is 0.246. The number of halogens is 1. The van der Waals surface area contributed by atoms with Gasteiger partial charge in [0.15, 0.2) is 0 Å². The Morgan fingerprint density at radius 2 is 1.89 bits per heavy atom. The Bertz CT molecular complexity index is 112. The monoisotopic (exact) mass is 190 g/mol. The van der Waals surface area contributed by atoms with Gasteiger partial charge in [-0.3, -0.25) is 0 Å². The van der Waals surface area contributed by atoms with E-state index >= 15 is 0 Å². The summed E-state index contributed by atoms with van der Waals surface area (Å²) in [6.07, 6.45) is 2.84. The number of alkyl halides is 1. The van der Waals surface area contributed by atoms with Crippen molar-refractivity contribution in [2.45, 2.75) is 33.6 Å². The van der Waals surface area contributed by atoms with Crippen LogP contribution in [-0.2, 0) is 0 Å². The third-order valence-corrected chi connectivity index (χ3v) is 4.37. The minimum absolute atomic E-state index is 0.507.